The zero-order valence-electron chi connectivity index (χ0n) is 55.9. The smallest absolute Gasteiger partial charge is 0.402 e. The molecule has 84 heavy (non-hydrogen) atoms. The third-order valence-electron chi connectivity index (χ3n) is 17.9. The molecule has 2 rings (SSSR count). The molecule has 0 aromatic carbocycles. The van der Waals surface area contributed by atoms with Crippen LogP contribution in [-0.2, 0) is 47.5 Å². The molecule has 498 valence electrons. The van der Waals surface area contributed by atoms with E-state index in [1.54, 1.807) is 0 Å². The number of hydrogen-bond acceptors (Lipinski definition) is 11. The van der Waals surface area contributed by atoms with Crippen LogP contribution in [-0.4, -0.2) is 108 Å². The first-order valence-electron chi connectivity index (χ1n) is 35.1. The van der Waals surface area contributed by atoms with Crippen LogP contribution in [0.4, 0.5) is 13.2 Å². The number of ether oxygens (including phenoxy) is 7. The second kappa shape index (κ2) is 50.8. The van der Waals surface area contributed by atoms with E-state index in [2.05, 4.69) is 67.2 Å². The number of esters is 2. The van der Waals surface area contributed by atoms with Crippen LogP contribution in [0, 0.1) is 28.1 Å². The maximum absolute atomic E-state index is 14.7. The van der Waals surface area contributed by atoms with Gasteiger partial charge < -0.3 is 38.1 Å². The van der Waals surface area contributed by atoms with E-state index in [1.807, 2.05) is 0 Å². The summed E-state index contributed by atoms with van der Waals surface area (Å²) < 4.78 is 84.7. The van der Waals surface area contributed by atoms with E-state index in [0.717, 1.165) is 167 Å². The number of carbonyl (C=O) groups is 3. The molecule has 11 nitrogen and oxygen atoms in total. The van der Waals surface area contributed by atoms with E-state index in [0.29, 0.717) is 51.7 Å². The Morgan fingerprint density at radius 3 is 1.33 bits per heavy atom. The molecule has 0 aliphatic heterocycles. The zero-order chi connectivity index (χ0) is 62.1. The first-order chi connectivity index (χ1) is 40.5. The third-order valence-corrected chi connectivity index (χ3v) is 17.9. The second-order valence-corrected chi connectivity index (χ2v) is 26.3. The SMILES string of the molecule is CCCCCCCCOC(CCC(=O)OCCCC1(C)CC2CC(C)(CCCOC=O)CC(CCCOC(=O)C(CC(OCCCCCCCC)OCCCCCCCC)C(F)(F)F)(C2)C1)OCCCCCCCC.CCCCN(CC)CC. The van der Waals surface area contributed by atoms with Crippen molar-refractivity contribution in [1.29, 1.82) is 0 Å². The number of rotatable bonds is 56. The van der Waals surface area contributed by atoms with Gasteiger partial charge in [-0.05, 0) is 145 Å². The molecule has 5 atom stereocenters. The lowest BCUT2D eigenvalue weighted by Crippen LogP contribution is -2.47. The minimum atomic E-state index is -4.81. The quantitative estimate of drug-likeness (QED) is 0.0190. The van der Waals surface area contributed by atoms with Crippen molar-refractivity contribution in [3.05, 3.63) is 0 Å². The molecule has 0 aromatic heterocycles. The molecule has 5 unspecified atom stereocenters. The van der Waals surface area contributed by atoms with Crippen LogP contribution in [0.1, 0.15) is 319 Å². The Kier molecular flexibility index (Phi) is 48.4. The highest BCUT2D eigenvalue weighted by Gasteiger charge is 2.53. The molecule has 14 heteroatoms. The normalized spacial score (nSPS) is 20.1. The first-order valence-corrected chi connectivity index (χ1v) is 35.1. The molecule has 0 aromatic rings. The standard InChI is InChI=1S/C62H113F3O10.C8H19N/c1-7-11-15-19-23-27-40-71-56(72-41-28-24-20-16-12-8-2)35-34-55(67)70-44-32-37-60(6)48-53-47-59(5,36-31-39-69-52-66)50-61(49-53,51-60)38-33-45-75-58(68)54(62(63,64)65)46-57(73-42-29-25-21-17-13-9-3)74-43-30-26-22-18-14-10-4;1-4-7-8-9(5-2)6-3/h52-54,56-57H,7-51H2,1-6H3;4-8H2,1-3H3. The average Bonchev–Trinajstić information content (AvgIpc) is 3.64. The van der Waals surface area contributed by atoms with Gasteiger partial charge in [-0.1, -0.05) is 197 Å². The molecule has 0 saturated heterocycles. The van der Waals surface area contributed by atoms with E-state index < -0.39 is 37.1 Å². The molecule has 0 spiro atoms. The predicted octanol–water partition coefficient (Wildman–Crippen LogP) is 19.8. The minimum absolute atomic E-state index is 0.0126. The Labute approximate surface area is 513 Å². The van der Waals surface area contributed by atoms with Gasteiger partial charge in [0.05, 0.1) is 26.2 Å². The number of alkyl halides is 3. The number of nitrogens with zero attached hydrogens (tertiary/aromatic N) is 1. The summed E-state index contributed by atoms with van der Waals surface area (Å²) in [6.45, 7) is 26.8. The van der Waals surface area contributed by atoms with Crippen molar-refractivity contribution in [2.45, 2.75) is 338 Å². The zero-order valence-corrected chi connectivity index (χ0v) is 55.9. The fraction of sp³-hybridized carbons (Fsp3) is 0.957. The van der Waals surface area contributed by atoms with Crippen LogP contribution < -0.4 is 0 Å². The summed E-state index contributed by atoms with van der Waals surface area (Å²) in [6.07, 6.45) is 32.3. The number of halogens is 3. The molecule has 0 radical (unpaired) electrons. The lowest BCUT2D eigenvalue weighted by atomic mass is 9.47. The fourth-order valence-corrected chi connectivity index (χ4v) is 13.7. The van der Waals surface area contributed by atoms with Crippen molar-refractivity contribution >= 4 is 18.4 Å². The minimum Gasteiger partial charge on any atom is -0.468 e. The summed E-state index contributed by atoms with van der Waals surface area (Å²) >= 11 is 0. The van der Waals surface area contributed by atoms with Crippen LogP contribution in [0.25, 0.3) is 0 Å². The number of carbonyl (C=O) groups excluding carboxylic acids is 3. The first kappa shape index (κ1) is 80.0. The highest BCUT2D eigenvalue weighted by molar-refractivity contribution is 5.73. The van der Waals surface area contributed by atoms with Gasteiger partial charge in [-0.25, -0.2) is 0 Å². The highest BCUT2D eigenvalue weighted by atomic mass is 19.4. The maximum Gasteiger partial charge on any atom is 0.402 e. The number of hydrogen-bond donors (Lipinski definition) is 0. The van der Waals surface area contributed by atoms with Gasteiger partial charge in [-0.3, -0.25) is 14.4 Å². The van der Waals surface area contributed by atoms with Gasteiger partial charge in [-0.15, -0.1) is 0 Å². The molecule has 0 amide bonds. The topological polar surface area (TPSA) is 119 Å². The van der Waals surface area contributed by atoms with Gasteiger partial charge in [0.2, 0.25) is 0 Å². The van der Waals surface area contributed by atoms with Crippen molar-refractivity contribution in [3.63, 3.8) is 0 Å². The molecule has 0 heterocycles. The van der Waals surface area contributed by atoms with Crippen LogP contribution in [0.15, 0.2) is 0 Å². The Hall–Kier alpha value is -2.00. The summed E-state index contributed by atoms with van der Waals surface area (Å²) in [7, 11) is 0. The van der Waals surface area contributed by atoms with Gasteiger partial charge in [-0.2, -0.15) is 13.2 Å². The summed E-state index contributed by atoms with van der Waals surface area (Å²) in [5.41, 5.74) is -0.101. The third kappa shape index (κ3) is 40.5. The van der Waals surface area contributed by atoms with E-state index >= 15 is 0 Å². The maximum atomic E-state index is 14.7. The number of unbranched alkanes of at least 4 members (excludes halogenated alkanes) is 21. The molecule has 2 saturated carbocycles. The number of fused-ring (bicyclic) bond motifs is 2. The summed E-state index contributed by atoms with van der Waals surface area (Å²) in [5.74, 6) is -3.39. The Morgan fingerprint density at radius 2 is 0.905 bits per heavy atom. The molecule has 0 N–H and O–H groups in total. The molecule has 2 aliphatic carbocycles. The highest BCUT2D eigenvalue weighted by Crippen LogP contribution is 2.64. The van der Waals surface area contributed by atoms with E-state index in [1.165, 1.54) is 83.8 Å². The van der Waals surface area contributed by atoms with E-state index in [-0.39, 0.29) is 48.5 Å². The van der Waals surface area contributed by atoms with Crippen molar-refractivity contribution in [1.82, 2.24) is 4.90 Å². The summed E-state index contributed by atoms with van der Waals surface area (Å²) in [4.78, 5) is 39.9. The monoisotopic (exact) mass is 1200 g/mol. The Morgan fingerprint density at radius 1 is 0.500 bits per heavy atom. The molecule has 2 bridgehead atoms. The van der Waals surface area contributed by atoms with Gasteiger partial charge >= 0.3 is 18.1 Å². The lowest BCUT2D eigenvalue weighted by Gasteiger charge is -2.58. The second-order valence-electron chi connectivity index (χ2n) is 26.3. The van der Waals surface area contributed by atoms with Gasteiger partial charge in [0.1, 0.15) is 0 Å². The van der Waals surface area contributed by atoms with E-state index in [4.69, 9.17) is 33.2 Å². The van der Waals surface area contributed by atoms with Crippen LogP contribution in [0.5, 0.6) is 0 Å². The fourth-order valence-electron chi connectivity index (χ4n) is 13.7. The van der Waals surface area contributed by atoms with Crippen molar-refractivity contribution < 1.29 is 60.7 Å². The largest absolute Gasteiger partial charge is 0.468 e. The van der Waals surface area contributed by atoms with Crippen LogP contribution in [0.2, 0.25) is 0 Å². The average molecular weight is 1200 g/mol. The van der Waals surface area contributed by atoms with Gasteiger partial charge in [0.25, 0.3) is 6.47 Å². The van der Waals surface area contributed by atoms with Crippen molar-refractivity contribution in [2.24, 2.45) is 28.1 Å². The molecular weight excluding hydrogens is 1070 g/mol. The summed E-state index contributed by atoms with van der Waals surface area (Å²) in [5, 5.41) is 0. The molecule has 2 aliphatic rings. The van der Waals surface area contributed by atoms with Crippen molar-refractivity contribution in [2.75, 3.05) is 65.9 Å². The van der Waals surface area contributed by atoms with Crippen LogP contribution >= 0.6 is 0 Å². The van der Waals surface area contributed by atoms with Crippen molar-refractivity contribution in [3.8, 4) is 0 Å². The Bertz CT molecular complexity index is 1520. The van der Waals surface area contributed by atoms with Crippen LogP contribution in [0.3, 0.4) is 0 Å². The molecule has 2 fully saturated rings. The lowest BCUT2D eigenvalue weighted by molar-refractivity contribution is -0.222. The van der Waals surface area contributed by atoms with E-state index in [9.17, 15) is 27.6 Å². The predicted molar refractivity (Wildman–Crippen MR) is 338 cm³/mol. The molecular formula is C70H132F3NO10. The summed E-state index contributed by atoms with van der Waals surface area (Å²) in [6, 6.07) is 0. The van der Waals surface area contributed by atoms with Gasteiger partial charge in [0.15, 0.2) is 18.5 Å². The van der Waals surface area contributed by atoms with Gasteiger partial charge in [0, 0.05) is 39.3 Å². The Balaban J connectivity index is 0.00000359.